The van der Waals surface area contributed by atoms with Gasteiger partial charge >= 0.3 is 0 Å². The summed E-state index contributed by atoms with van der Waals surface area (Å²) >= 11 is 0. The summed E-state index contributed by atoms with van der Waals surface area (Å²) in [5.74, 6) is 1.20. The van der Waals surface area contributed by atoms with Crippen molar-refractivity contribution in [2.24, 2.45) is 5.10 Å². The summed E-state index contributed by atoms with van der Waals surface area (Å²) < 4.78 is 10.3. The Kier molecular flexibility index (Phi) is 4.92. The van der Waals surface area contributed by atoms with E-state index >= 15 is 0 Å². The van der Waals surface area contributed by atoms with Gasteiger partial charge in [0.2, 0.25) is 0 Å². The van der Waals surface area contributed by atoms with Crippen LogP contribution in [0.15, 0.2) is 47.6 Å². The molecule has 0 heterocycles. The van der Waals surface area contributed by atoms with Crippen molar-refractivity contribution in [2.45, 2.75) is 0 Å². The van der Waals surface area contributed by atoms with Gasteiger partial charge in [0, 0.05) is 6.07 Å². The molecule has 114 valence electrons. The molecule has 0 saturated carbocycles. The van der Waals surface area contributed by atoms with E-state index in [1.807, 2.05) is 0 Å². The second-order valence-electron chi connectivity index (χ2n) is 4.26. The van der Waals surface area contributed by atoms with E-state index in [2.05, 4.69) is 10.5 Å². The van der Waals surface area contributed by atoms with E-state index in [1.54, 1.807) is 56.8 Å². The van der Waals surface area contributed by atoms with Gasteiger partial charge in [-0.2, -0.15) is 5.10 Å². The number of ether oxygens (including phenoxy) is 2. The maximum absolute atomic E-state index is 10.9. The molecule has 7 heteroatoms. The highest BCUT2D eigenvalue weighted by molar-refractivity contribution is 5.81. The molecule has 2 rings (SSSR count). The van der Waals surface area contributed by atoms with Crippen molar-refractivity contribution in [3.05, 3.63) is 58.1 Å². The van der Waals surface area contributed by atoms with Crippen LogP contribution in [0.2, 0.25) is 0 Å². The standard InChI is InChI=1S/C15H15N3O4/c1-21-14-8-7-11(9-15(14)22-2)10-16-17-12-5-3-4-6-13(12)18(19)20/h3-10,17H,1-2H3. The highest BCUT2D eigenvalue weighted by Crippen LogP contribution is 2.27. The number of nitrogens with one attached hydrogen (secondary N) is 1. The third-order valence-corrected chi connectivity index (χ3v) is 2.91. The van der Waals surface area contributed by atoms with E-state index < -0.39 is 4.92 Å². The fourth-order valence-corrected chi connectivity index (χ4v) is 1.84. The van der Waals surface area contributed by atoms with E-state index in [4.69, 9.17) is 9.47 Å². The van der Waals surface area contributed by atoms with Crippen LogP contribution in [0.5, 0.6) is 11.5 Å². The van der Waals surface area contributed by atoms with Crippen LogP contribution in [0, 0.1) is 10.1 Å². The minimum Gasteiger partial charge on any atom is -0.493 e. The summed E-state index contributed by atoms with van der Waals surface area (Å²) in [6.07, 6.45) is 1.54. The van der Waals surface area contributed by atoms with Gasteiger partial charge in [-0.3, -0.25) is 15.5 Å². The molecule has 0 spiro atoms. The van der Waals surface area contributed by atoms with Gasteiger partial charge in [0.25, 0.3) is 5.69 Å². The minimum absolute atomic E-state index is 0.0352. The molecule has 0 radical (unpaired) electrons. The van der Waals surface area contributed by atoms with Crippen LogP contribution in [0.4, 0.5) is 11.4 Å². The third-order valence-electron chi connectivity index (χ3n) is 2.91. The molecule has 0 aromatic heterocycles. The number of hydrazone groups is 1. The highest BCUT2D eigenvalue weighted by atomic mass is 16.6. The van der Waals surface area contributed by atoms with Crippen molar-refractivity contribution < 1.29 is 14.4 Å². The number of rotatable bonds is 6. The number of para-hydroxylation sites is 2. The number of nitro benzene ring substituents is 1. The van der Waals surface area contributed by atoms with Crippen LogP contribution >= 0.6 is 0 Å². The zero-order valence-corrected chi connectivity index (χ0v) is 12.1. The van der Waals surface area contributed by atoms with Gasteiger partial charge < -0.3 is 9.47 Å². The Morgan fingerprint density at radius 2 is 1.86 bits per heavy atom. The number of methoxy groups -OCH3 is 2. The van der Waals surface area contributed by atoms with Crippen molar-refractivity contribution in [3.8, 4) is 11.5 Å². The molecule has 0 atom stereocenters. The summed E-state index contributed by atoms with van der Waals surface area (Å²) in [4.78, 5) is 10.4. The van der Waals surface area contributed by atoms with Crippen molar-refractivity contribution >= 4 is 17.6 Å². The van der Waals surface area contributed by atoms with Gasteiger partial charge in [0.15, 0.2) is 11.5 Å². The van der Waals surface area contributed by atoms with Gasteiger partial charge in [0.05, 0.1) is 25.4 Å². The molecule has 22 heavy (non-hydrogen) atoms. The van der Waals surface area contributed by atoms with Gasteiger partial charge in [-0.05, 0) is 29.8 Å². The topological polar surface area (TPSA) is 86.0 Å². The first-order valence-electron chi connectivity index (χ1n) is 6.40. The predicted octanol–water partition coefficient (Wildman–Crippen LogP) is 3.06. The average molecular weight is 301 g/mol. The second-order valence-corrected chi connectivity index (χ2v) is 4.26. The zero-order chi connectivity index (χ0) is 15.9. The number of benzene rings is 2. The van der Waals surface area contributed by atoms with Gasteiger partial charge in [-0.1, -0.05) is 12.1 Å². The Hall–Kier alpha value is -3.09. The molecule has 0 saturated heterocycles. The lowest BCUT2D eigenvalue weighted by Crippen LogP contribution is -1.97. The number of nitro groups is 1. The number of anilines is 1. The zero-order valence-electron chi connectivity index (χ0n) is 12.1. The Morgan fingerprint density at radius 1 is 1.14 bits per heavy atom. The summed E-state index contributed by atoms with van der Waals surface area (Å²) in [6.45, 7) is 0. The first kappa shape index (κ1) is 15.3. The molecule has 0 amide bonds. The van der Waals surface area contributed by atoms with Gasteiger partial charge in [-0.25, -0.2) is 0 Å². The van der Waals surface area contributed by atoms with Gasteiger partial charge in [0.1, 0.15) is 5.69 Å². The van der Waals surface area contributed by atoms with Crippen LogP contribution in [0.1, 0.15) is 5.56 Å². The molecule has 7 nitrogen and oxygen atoms in total. The maximum atomic E-state index is 10.9. The minimum atomic E-state index is -0.464. The lowest BCUT2D eigenvalue weighted by Gasteiger charge is -2.07. The van der Waals surface area contributed by atoms with Crippen molar-refractivity contribution in [1.82, 2.24) is 0 Å². The summed E-state index contributed by atoms with van der Waals surface area (Å²) in [6, 6.07) is 11.6. The summed E-state index contributed by atoms with van der Waals surface area (Å²) in [5.41, 5.74) is 3.72. The van der Waals surface area contributed by atoms with Crippen LogP contribution in [0.3, 0.4) is 0 Å². The second kappa shape index (κ2) is 7.07. The molecular formula is C15H15N3O4. The largest absolute Gasteiger partial charge is 0.493 e. The number of nitrogens with zero attached hydrogens (tertiary/aromatic N) is 2. The van der Waals surface area contributed by atoms with Crippen molar-refractivity contribution in [2.75, 3.05) is 19.6 Å². The molecule has 2 aromatic rings. The van der Waals surface area contributed by atoms with Crippen LogP contribution in [0.25, 0.3) is 0 Å². The molecule has 1 N–H and O–H groups in total. The lowest BCUT2D eigenvalue weighted by molar-refractivity contribution is -0.384. The molecule has 2 aromatic carbocycles. The Balaban J connectivity index is 2.15. The summed E-state index contributed by atoms with van der Waals surface area (Å²) in [5, 5.41) is 14.9. The predicted molar refractivity (Wildman–Crippen MR) is 83.9 cm³/mol. The van der Waals surface area contributed by atoms with E-state index in [0.29, 0.717) is 17.2 Å². The molecule has 0 fully saturated rings. The fraction of sp³-hybridized carbons (Fsp3) is 0.133. The third kappa shape index (κ3) is 3.51. The lowest BCUT2D eigenvalue weighted by atomic mass is 10.2. The van der Waals surface area contributed by atoms with Crippen molar-refractivity contribution in [3.63, 3.8) is 0 Å². The monoisotopic (exact) mass is 301 g/mol. The molecule has 0 aliphatic heterocycles. The first-order valence-corrected chi connectivity index (χ1v) is 6.40. The summed E-state index contributed by atoms with van der Waals surface area (Å²) in [7, 11) is 3.10. The van der Waals surface area contributed by atoms with E-state index in [0.717, 1.165) is 5.56 Å². The maximum Gasteiger partial charge on any atom is 0.294 e. The Morgan fingerprint density at radius 3 is 2.55 bits per heavy atom. The van der Waals surface area contributed by atoms with Crippen LogP contribution in [-0.2, 0) is 0 Å². The normalized spacial score (nSPS) is 10.5. The molecule has 0 aliphatic rings. The van der Waals surface area contributed by atoms with E-state index in [-0.39, 0.29) is 5.69 Å². The molecular weight excluding hydrogens is 286 g/mol. The quantitative estimate of drug-likeness (QED) is 0.503. The van der Waals surface area contributed by atoms with Gasteiger partial charge in [-0.15, -0.1) is 0 Å². The average Bonchev–Trinajstić information content (AvgIpc) is 2.55. The smallest absolute Gasteiger partial charge is 0.294 e. The number of hydrogen-bond donors (Lipinski definition) is 1. The Labute approximate surface area is 127 Å². The molecule has 0 unspecified atom stereocenters. The Bertz CT molecular complexity index is 701. The van der Waals surface area contributed by atoms with E-state index in [1.165, 1.54) is 6.07 Å². The first-order chi connectivity index (χ1) is 10.7. The van der Waals surface area contributed by atoms with E-state index in [9.17, 15) is 10.1 Å². The molecule has 0 bridgehead atoms. The molecule has 0 aliphatic carbocycles. The van der Waals surface area contributed by atoms with Crippen LogP contribution < -0.4 is 14.9 Å². The van der Waals surface area contributed by atoms with Crippen LogP contribution in [-0.4, -0.2) is 25.4 Å². The number of hydrogen-bond acceptors (Lipinski definition) is 6. The SMILES string of the molecule is COc1ccc(C=NNc2ccccc2[N+](=O)[O-])cc1OC. The highest BCUT2D eigenvalue weighted by Gasteiger charge is 2.11. The van der Waals surface area contributed by atoms with Crippen molar-refractivity contribution in [1.29, 1.82) is 0 Å². The fourth-order valence-electron chi connectivity index (χ4n) is 1.84.